The van der Waals surface area contributed by atoms with Crippen molar-refractivity contribution in [3.05, 3.63) is 47.9 Å². The topological polar surface area (TPSA) is 84.7 Å². The fourth-order valence-electron chi connectivity index (χ4n) is 4.94. The monoisotopic (exact) mass is 527 g/mol. The SMILES string of the molecule is COc1ccc(CCN(Cc2ccco2)C(=O)CN(CCCN2CCOCC2)C(=O)C2CCC2)cc1OC. The summed E-state index contributed by atoms with van der Waals surface area (Å²) in [6, 6.07) is 9.49. The van der Waals surface area contributed by atoms with Gasteiger partial charge in [-0.1, -0.05) is 12.5 Å². The molecule has 9 nitrogen and oxygen atoms in total. The zero-order valence-electron chi connectivity index (χ0n) is 22.7. The number of carbonyl (C=O) groups is 2. The van der Waals surface area contributed by atoms with Crippen molar-refractivity contribution in [3.8, 4) is 11.5 Å². The summed E-state index contributed by atoms with van der Waals surface area (Å²) in [6.07, 6.45) is 6.02. The Morgan fingerprint density at radius 3 is 2.47 bits per heavy atom. The Kier molecular flexibility index (Phi) is 10.5. The lowest BCUT2D eigenvalue weighted by Gasteiger charge is -2.34. The highest BCUT2D eigenvalue weighted by atomic mass is 16.5. The van der Waals surface area contributed by atoms with Crippen molar-refractivity contribution in [2.24, 2.45) is 5.92 Å². The van der Waals surface area contributed by atoms with Gasteiger partial charge in [0.05, 0.1) is 46.8 Å². The van der Waals surface area contributed by atoms with Crippen LogP contribution in [0.2, 0.25) is 0 Å². The van der Waals surface area contributed by atoms with Crippen molar-refractivity contribution in [1.82, 2.24) is 14.7 Å². The average molecular weight is 528 g/mol. The lowest BCUT2D eigenvalue weighted by Crippen LogP contribution is -2.47. The summed E-state index contributed by atoms with van der Waals surface area (Å²) >= 11 is 0. The second-order valence-electron chi connectivity index (χ2n) is 10.0. The highest BCUT2D eigenvalue weighted by Gasteiger charge is 2.31. The number of furan rings is 1. The molecule has 0 unspecified atom stereocenters. The average Bonchev–Trinajstić information content (AvgIpc) is 3.43. The number of amides is 2. The molecular formula is C29H41N3O6. The number of hydrogen-bond donors (Lipinski definition) is 0. The Hall–Kier alpha value is -3.04. The number of ether oxygens (including phenoxy) is 3. The molecule has 2 heterocycles. The van der Waals surface area contributed by atoms with E-state index in [1.165, 1.54) is 0 Å². The number of methoxy groups -OCH3 is 2. The third-order valence-electron chi connectivity index (χ3n) is 7.50. The molecule has 2 aromatic rings. The first-order chi connectivity index (χ1) is 18.6. The van der Waals surface area contributed by atoms with Crippen LogP contribution in [0.25, 0.3) is 0 Å². The maximum atomic E-state index is 13.6. The number of rotatable bonds is 14. The van der Waals surface area contributed by atoms with E-state index in [1.807, 2.05) is 30.3 Å². The van der Waals surface area contributed by atoms with Crippen LogP contribution >= 0.6 is 0 Å². The predicted molar refractivity (Wildman–Crippen MR) is 143 cm³/mol. The van der Waals surface area contributed by atoms with E-state index in [4.69, 9.17) is 18.6 Å². The summed E-state index contributed by atoms with van der Waals surface area (Å²) in [6.45, 7) is 5.78. The zero-order chi connectivity index (χ0) is 26.7. The van der Waals surface area contributed by atoms with Crippen LogP contribution in [0.5, 0.6) is 11.5 Å². The molecule has 1 aromatic carbocycles. The maximum Gasteiger partial charge on any atom is 0.242 e. The number of nitrogens with zero attached hydrogens (tertiary/aromatic N) is 3. The van der Waals surface area contributed by atoms with E-state index >= 15 is 0 Å². The first kappa shape index (κ1) is 28.0. The fourth-order valence-corrected chi connectivity index (χ4v) is 4.94. The summed E-state index contributed by atoms with van der Waals surface area (Å²) in [5.74, 6) is 2.14. The third-order valence-corrected chi connectivity index (χ3v) is 7.50. The van der Waals surface area contributed by atoms with Crippen LogP contribution in [0.3, 0.4) is 0 Å². The lowest BCUT2D eigenvalue weighted by atomic mass is 9.84. The molecule has 208 valence electrons. The highest BCUT2D eigenvalue weighted by Crippen LogP contribution is 2.29. The molecule has 1 saturated heterocycles. The molecule has 1 aliphatic heterocycles. The van der Waals surface area contributed by atoms with Crippen molar-refractivity contribution in [2.75, 3.05) is 66.7 Å². The van der Waals surface area contributed by atoms with Crippen molar-refractivity contribution >= 4 is 11.8 Å². The van der Waals surface area contributed by atoms with Gasteiger partial charge in [0.2, 0.25) is 11.8 Å². The highest BCUT2D eigenvalue weighted by molar-refractivity contribution is 5.86. The Morgan fingerprint density at radius 1 is 1.03 bits per heavy atom. The number of benzene rings is 1. The standard InChI is InChI=1S/C29H41N3O6/c1-35-26-10-9-23(20-27(26)36-2)11-14-31(21-25-8-4-17-38-25)28(33)22-32(29(34)24-6-3-7-24)13-5-12-30-15-18-37-19-16-30/h4,8-10,17,20,24H,3,5-7,11-16,18-19,21-22H2,1-2H3. The number of hydrogen-bond acceptors (Lipinski definition) is 7. The van der Waals surface area contributed by atoms with Gasteiger partial charge in [-0.05, 0) is 55.5 Å². The van der Waals surface area contributed by atoms with Gasteiger partial charge in [-0.3, -0.25) is 14.5 Å². The second-order valence-corrected chi connectivity index (χ2v) is 10.0. The smallest absolute Gasteiger partial charge is 0.242 e. The largest absolute Gasteiger partial charge is 0.493 e. The summed E-state index contributed by atoms with van der Waals surface area (Å²) < 4.78 is 21.8. The predicted octanol–water partition coefficient (Wildman–Crippen LogP) is 3.22. The molecule has 2 amide bonds. The van der Waals surface area contributed by atoms with Crippen molar-refractivity contribution in [2.45, 2.75) is 38.6 Å². The van der Waals surface area contributed by atoms with Crippen LogP contribution in [0, 0.1) is 5.92 Å². The number of morpholine rings is 1. The molecule has 4 rings (SSSR count). The Morgan fingerprint density at radius 2 is 1.82 bits per heavy atom. The molecule has 2 aliphatic rings. The van der Waals surface area contributed by atoms with Crippen LogP contribution in [-0.2, 0) is 27.3 Å². The molecule has 0 N–H and O–H groups in total. The lowest BCUT2D eigenvalue weighted by molar-refractivity contribution is -0.145. The second kappa shape index (κ2) is 14.2. The molecule has 9 heteroatoms. The summed E-state index contributed by atoms with van der Waals surface area (Å²) in [5.41, 5.74) is 1.04. The van der Waals surface area contributed by atoms with Gasteiger partial charge >= 0.3 is 0 Å². The molecule has 1 aliphatic carbocycles. The van der Waals surface area contributed by atoms with E-state index in [9.17, 15) is 9.59 Å². The van der Waals surface area contributed by atoms with Crippen LogP contribution in [0.15, 0.2) is 41.0 Å². The van der Waals surface area contributed by atoms with E-state index in [2.05, 4.69) is 4.90 Å². The van der Waals surface area contributed by atoms with Gasteiger partial charge in [0.25, 0.3) is 0 Å². The number of carbonyl (C=O) groups excluding carboxylic acids is 2. The molecule has 1 aromatic heterocycles. The first-order valence-corrected chi connectivity index (χ1v) is 13.7. The Bertz CT molecular complexity index is 1020. The first-order valence-electron chi connectivity index (χ1n) is 13.7. The fraction of sp³-hybridized carbons (Fsp3) is 0.586. The van der Waals surface area contributed by atoms with Crippen LogP contribution in [0.1, 0.15) is 37.0 Å². The van der Waals surface area contributed by atoms with Gasteiger partial charge in [-0.2, -0.15) is 0 Å². The molecule has 0 bridgehead atoms. The molecule has 38 heavy (non-hydrogen) atoms. The van der Waals surface area contributed by atoms with Crippen molar-refractivity contribution in [1.29, 1.82) is 0 Å². The minimum absolute atomic E-state index is 0.0523. The van der Waals surface area contributed by atoms with E-state index in [1.54, 1.807) is 30.3 Å². The van der Waals surface area contributed by atoms with Gasteiger partial charge in [-0.15, -0.1) is 0 Å². The summed E-state index contributed by atoms with van der Waals surface area (Å²) in [7, 11) is 3.22. The van der Waals surface area contributed by atoms with Gasteiger partial charge in [0.15, 0.2) is 11.5 Å². The molecule has 0 atom stereocenters. The Labute approximate surface area is 225 Å². The van der Waals surface area contributed by atoms with E-state index in [-0.39, 0.29) is 24.3 Å². The molecule has 0 spiro atoms. The van der Waals surface area contributed by atoms with Crippen LogP contribution in [-0.4, -0.2) is 93.2 Å². The summed E-state index contributed by atoms with van der Waals surface area (Å²) in [4.78, 5) is 32.9. The van der Waals surface area contributed by atoms with Crippen LogP contribution < -0.4 is 9.47 Å². The van der Waals surface area contributed by atoms with E-state index in [0.29, 0.717) is 37.6 Å². The van der Waals surface area contributed by atoms with E-state index < -0.39 is 0 Å². The summed E-state index contributed by atoms with van der Waals surface area (Å²) in [5, 5.41) is 0. The normalized spacial score (nSPS) is 16.1. The molecule has 1 saturated carbocycles. The third kappa shape index (κ3) is 7.74. The van der Waals surface area contributed by atoms with Crippen molar-refractivity contribution in [3.63, 3.8) is 0 Å². The molecular weight excluding hydrogens is 486 g/mol. The zero-order valence-corrected chi connectivity index (χ0v) is 22.7. The van der Waals surface area contributed by atoms with Gasteiger partial charge < -0.3 is 28.4 Å². The minimum Gasteiger partial charge on any atom is -0.493 e. The quantitative estimate of drug-likeness (QED) is 0.373. The van der Waals surface area contributed by atoms with Gasteiger partial charge in [-0.25, -0.2) is 0 Å². The van der Waals surface area contributed by atoms with Gasteiger partial charge in [0.1, 0.15) is 5.76 Å². The minimum atomic E-state index is -0.0686. The maximum absolute atomic E-state index is 13.6. The molecule has 0 radical (unpaired) electrons. The molecule has 2 fully saturated rings. The van der Waals surface area contributed by atoms with Gasteiger partial charge in [0, 0.05) is 38.6 Å². The van der Waals surface area contributed by atoms with E-state index in [0.717, 1.165) is 69.9 Å². The van der Waals surface area contributed by atoms with Crippen molar-refractivity contribution < 1.29 is 28.2 Å². The van der Waals surface area contributed by atoms with Crippen LogP contribution in [0.4, 0.5) is 0 Å². The Balaban J connectivity index is 1.41.